The van der Waals surface area contributed by atoms with E-state index in [0.717, 1.165) is 16.8 Å². The Labute approximate surface area is 133 Å². The molecule has 22 heavy (non-hydrogen) atoms. The number of pyridine rings is 1. The highest BCUT2D eigenvalue weighted by Gasteiger charge is 2.09. The molecule has 0 unspecified atom stereocenters. The first-order valence-electron chi connectivity index (χ1n) is 6.95. The summed E-state index contributed by atoms with van der Waals surface area (Å²) in [6, 6.07) is 9.61. The SMILES string of the molecule is CCC(=O)Nc1cc(-c2cccc(NSC)c2)cn(C)c1=O. The van der Waals surface area contributed by atoms with Gasteiger partial charge in [-0.2, -0.15) is 0 Å². The fourth-order valence-corrected chi connectivity index (χ4v) is 2.44. The number of aryl methyl sites for hydroxylation is 1. The standard InChI is InChI=1S/C16H19N3O2S/c1-4-15(20)17-14-9-12(10-19(2)16(14)21)11-6-5-7-13(8-11)18-22-3/h5-10,18H,4H2,1-3H3,(H,17,20). The first-order valence-corrected chi connectivity index (χ1v) is 8.17. The number of amides is 1. The van der Waals surface area contributed by atoms with E-state index >= 15 is 0 Å². The van der Waals surface area contributed by atoms with Gasteiger partial charge in [-0.15, -0.1) is 0 Å². The summed E-state index contributed by atoms with van der Waals surface area (Å²) in [5.41, 5.74) is 2.91. The van der Waals surface area contributed by atoms with Crippen molar-refractivity contribution >= 4 is 29.2 Å². The fraction of sp³-hybridized carbons (Fsp3) is 0.250. The normalized spacial score (nSPS) is 10.3. The van der Waals surface area contributed by atoms with E-state index in [0.29, 0.717) is 12.1 Å². The number of nitrogens with one attached hydrogen (secondary N) is 2. The third-order valence-electron chi connectivity index (χ3n) is 3.19. The Morgan fingerprint density at radius 3 is 2.73 bits per heavy atom. The van der Waals surface area contributed by atoms with Gasteiger partial charge in [0.1, 0.15) is 5.69 Å². The van der Waals surface area contributed by atoms with Gasteiger partial charge in [-0.3, -0.25) is 9.59 Å². The van der Waals surface area contributed by atoms with E-state index in [4.69, 9.17) is 0 Å². The molecule has 1 aromatic carbocycles. The second kappa shape index (κ2) is 7.17. The number of hydrogen-bond donors (Lipinski definition) is 2. The smallest absolute Gasteiger partial charge is 0.274 e. The number of anilines is 2. The molecule has 0 aliphatic rings. The van der Waals surface area contributed by atoms with Crippen LogP contribution in [0.15, 0.2) is 41.3 Å². The van der Waals surface area contributed by atoms with Crippen LogP contribution < -0.4 is 15.6 Å². The number of hydrogen-bond acceptors (Lipinski definition) is 4. The minimum absolute atomic E-state index is 0.174. The number of nitrogens with zero attached hydrogens (tertiary/aromatic N) is 1. The van der Waals surface area contributed by atoms with Gasteiger partial charge in [0, 0.05) is 37.2 Å². The van der Waals surface area contributed by atoms with Crippen LogP contribution >= 0.6 is 11.9 Å². The Morgan fingerprint density at radius 2 is 2.05 bits per heavy atom. The summed E-state index contributed by atoms with van der Waals surface area (Å²) in [5, 5.41) is 2.66. The van der Waals surface area contributed by atoms with Gasteiger partial charge >= 0.3 is 0 Å². The lowest BCUT2D eigenvalue weighted by molar-refractivity contribution is -0.115. The first-order chi connectivity index (χ1) is 10.5. The van der Waals surface area contributed by atoms with Crippen molar-refractivity contribution in [2.45, 2.75) is 13.3 Å². The lowest BCUT2D eigenvalue weighted by atomic mass is 10.1. The number of aromatic nitrogens is 1. The van der Waals surface area contributed by atoms with Crippen LogP contribution in [0.4, 0.5) is 11.4 Å². The molecule has 0 fully saturated rings. The minimum Gasteiger partial charge on any atom is -0.330 e. The van der Waals surface area contributed by atoms with Gasteiger partial charge in [-0.1, -0.05) is 31.0 Å². The topological polar surface area (TPSA) is 63.1 Å². The molecule has 1 aromatic heterocycles. The van der Waals surface area contributed by atoms with E-state index in [1.165, 1.54) is 16.5 Å². The molecule has 0 bridgehead atoms. The van der Waals surface area contributed by atoms with Gasteiger partial charge in [-0.25, -0.2) is 0 Å². The number of rotatable bonds is 5. The number of carbonyl (C=O) groups excluding carboxylic acids is 1. The van der Waals surface area contributed by atoms with Gasteiger partial charge in [0.2, 0.25) is 5.91 Å². The Kier molecular flexibility index (Phi) is 5.27. The van der Waals surface area contributed by atoms with Gasteiger partial charge in [-0.05, 0) is 23.8 Å². The summed E-state index contributed by atoms with van der Waals surface area (Å²) in [4.78, 5) is 23.7. The van der Waals surface area contributed by atoms with E-state index < -0.39 is 0 Å². The summed E-state index contributed by atoms with van der Waals surface area (Å²) in [6.45, 7) is 1.75. The summed E-state index contributed by atoms with van der Waals surface area (Å²) >= 11 is 1.52. The predicted molar refractivity (Wildman–Crippen MR) is 93.2 cm³/mol. The average molecular weight is 317 g/mol. The Morgan fingerprint density at radius 1 is 1.27 bits per heavy atom. The zero-order valence-corrected chi connectivity index (χ0v) is 13.7. The van der Waals surface area contributed by atoms with Crippen LogP contribution in [0.2, 0.25) is 0 Å². The van der Waals surface area contributed by atoms with Crippen molar-refractivity contribution in [3.05, 3.63) is 46.9 Å². The van der Waals surface area contributed by atoms with Crippen LogP contribution in [-0.2, 0) is 11.8 Å². The Hall–Kier alpha value is -2.21. The Balaban J connectivity index is 2.45. The molecule has 2 rings (SSSR count). The zero-order valence-electron chi connectivity index (χ0n) is 12.8. The first kappa shape index (κ1) is 16.2. The summed E-state index contributed by atoms with van der Waals surface area (Å²) in [7, 11) is 1.68. The van der Waals surface area contributed by atoms with Crippen molar-refractivity contribution < 1.29 is 4.79 Å². The molecule has 0 saturated heterocycles. The second-order valence-corrected chi connectivity index (χ2v) is 5.46. The van der Waals surface area contributed by atoms with Crippen molar-refractivity contribution in [3.63, 3.8) is 0 Å². The molecule has 6 heteroatoms. The molecule has 0 radical (unpaired) electrons. The van der Waals surface area contributed by atoms with Crippen LogP contribution in [0, 0.1) is 0 Å². The third-order valence-corrected chi connectivity index (χ3v) is 3.63. The largest absolute Gasteiger partial charge is 0.330 e. The van der Waals surface area contributed by atoms with Crippen molar-refractivity contribution in [1.29, 1.82) is 0 Å². The quantitative estimate of drug-likeness (QED) is 0.832. The monoisotopic (exact) mass is 317 g/mol. The van der Waals surface area contributed by atoms with Gasteiger partial charge in [0.15, 0.2) is 0 Å². The van der Waals surface area contributed by atoms with Crippen molar-refractivity contribution in [2.24, 2.45) is 7.05 Å². The van der Waals surface area contributed by atoms with E-state index in [-0.39, 0.29) is 11.5 Å². The molecule has 1 amide bonds. The van der Waals surface area contributed by atoms with Crippen molar-refractivity contribution in [1.82, 2.24) is 4.57 Å². The van der Waals surface area contributed by atoms with Crippen LogP contribution in [0.3, 0.4) is 0 Å². The van der Waals surface area contributed by atoms with Crippen LogP contribution in [0.25, 0.3) is 11.1 Å². The number of benzene rings is 1. The molecule has 0 aliphatic heterocycles. The minimum atomic E-state index is -0.219. The molecule has 0 aliphatic carbocycles. The van der Waals surface area contributed by atoms with Gasteiger partial charge in [0.05, 0.1) is 0 Å². The summed E-state index contributed by atoms with van der Waals surface area (Å²) in [6.07, 6.45) is 4.06. The highest BCUT2D eigenvalue weighted by Crippen LogP contribution is 2.24. The Bertz CT molecular complexity index is 740. The highest BCUT2D eigenvalue weighted by molar-refractivity contribution is 7.99. The van der Waals surface area contributed by atoms with E-state index in [1.54, 1.807) is 26.2 Å². The van der Waals surface area contributed by atoms with E-state index in [2.05, 4.69) is 10.0 Å². The van der Waals surface area contributed by atoms with Crippen molar-refractivity contribution in [2.75, 3.05) is 16.3 Å². The average Bonchev–Trinajstić information content (AvgIpc) is 2.52. The number of carbonyl (C=O) groups is 1. The zero-order chi connectivity index (χ0) is 16.1. The molecular formula is C16H19N3O2S. The van der Waals surface area contributed by atoms with Crippen LogP contribution in [0.1, 0.15) is 13.3 Å². The van der Waals surface area contributed by atoms with E-state index in [1.807, 2.05) is 30.5 Å². The fourth-order valence-electron chi connectivity index (χ4n) is 2.08. The maximum absolute atomic E-state index is 12.1. The molecule has 116 valence electrons. The summed E-state index contributed by atoms with van der Waals surface area (Å²) < 4.78 is 4.66. The van der Waals surface area contributed by atoms with Gasteiger partial charge < -0.3 is 14.6 Å². The third kappa shape index (κ3) is 3.71. The van der Waals surface area contributed by atoms with Crippen LogP contribution in [-0.4, -0.2) is 16.7 Å². The van der Waals surface area contributed by atoms with Crippen LogP contribution in [0.5, 0.6) is 0 Å². The molecule has 0 spiro atoms. The lowest BCUT2D eigenvalue weighted by Gasteiger charge is -2.11. The maximum atomic E-state index is 12.1. The molecule has 5 nitrogen and oxygen atoms in total. The molecule has 0 saturated carbocycles. The molecule has 2 N–H and O–H groups in total. The maximum Gasteiger partial charge on any atom is 0.274 e. The summed E-state index contributed by atoms with van der Waals surface area (Å²) in [5.74, 6) is -0.174. The molecule has 1 heterocycles. The predicted octanol–water partition coefficient (Wildman–Crippen LogP) is 3.09. The molecule has 2 aromatic rings. The second-order valence-electron chi connectivity index (χ2n) is 4.85. The molecule has 0 atom stereocenters. The van der Waals surface area contributed by atoms with Gasteiger partial charge in [0.25, 0.3) is 5.56 Å². The van der Waals surface area contributed by atoms with E-state index in [9.17, 15) is 9.59 Å². The van der Waals surface area contributed by atoms with Crippen molar-refractivity contribution in [3.8, 4) is 11.1 Å². The lowest BCUT2D eigenvalue weighted by Crippen LogP contribution is -2.23. The molecular weight excluding hydrogens is 298 g/mol. The highest BCUT2D eigenvalue weighted by atomic mass is 32.2.